The van der Waals surface area contributed by atoms with Gasteiger partial charge in [0.15, 0.2) is 0 Å². The van der Waals surface area contributed by atoms with Gasteiger partial charge >= 0.3 is 5.97 Å². The van der Waals surface area contributed by atoms with Crippen LogP contribution in [0.1, 0.15) is 82.6 Å². The second-order valence-corrected chi connectivity index (χ2v) is 11.4. The van der Waals surface area contributed by atoms with E-state index >= 15 is 0 Å². The van der Waals surface area contributed by atoms with Gasteiger partial charge in [0, 0.05) is 21.2 Å². The van der Waals surface area contributed by atoms with Crippen LogP contribution in [-0.2, 0) is 15.6 Å². The molecule has 1 heterocycles. The fourth-order valence-electron chi connectivity index (χ4n) is 3.78. The molecule has 1 aromatic heterocycles. The van der Waals surface area contributed by atoms with Crippen LogP contribution in [0.4, 0.5) is 0 Å². The van der Waals surface area contributed by atoms with Gasteiger partial charge in [0.05, 0.1) is 13.2 Å². The molecule has 2 aromatic carbocycles. The number of hydrogen-bond acceptors (Lipinski definition) is 4. The van der Waals surface area contributed by atoms with Crippen LogP contribution in [0.5, 0.6) is 5.75 Å². The Morgan fingerprint density at radius 3 is 2.25 bits per heavy atom. The van der Waals surface area contributed by atoms with Crippen molar-refractivity contribution in [2.75, 3.05) is 13.2 Å². The topological polar surface area (TPSA) is 35.5 Å². The molecule has 3 nitrogen and oxygen atoms in total. The van der Waals surface area contributed by atoms with E-state index in [-0.39, 0.29) is 16.8 Å². The molecule has 0 atom stereocenters. The molecule has 0 bridgehead atoms. The summed E-state index contributed by atoms with van der Waals surface area (Å²) in [6.07, 6.45) is 0.944. The van der Waals surface area contributed by atoms with Crippen LogP contribution in [0.15, 0.2) is 36.4 Å². The summed E-state index contributed by atoms with van der Waals surface area (Å²) in [6, 6.07) is 12.8. The maximum atomic E-state index is 12.4. The Morgan fingerprint density at radius 1 is 0.938 bits per heavy atom. The second-order valence-electron chi connectivity index (χ2n) is 10.3. The average Bonchev–Trinajstić information content (AvgIpc) is 3.15. The van der Waals surface area contributed by atoms with Gasteiger partial charge in [-0.25, -0.2) is 4.79 Å². The van der Waals surface area contributed by atoms with Crippen molar-refractivity contribution in [3.63, 3.8) is 0 Å². The molecule has 0 aliphatic heterocycles. The number of rotatable bonds is 6. The summed E-state index contributed by atoms with van der Waals surface area (Å²) in [4.78, 5) is 13.0. The molecule has 4 heteroatoms. The van der Waals surface area contributed by atoms with Crippen LogP contribution < -0.4 is 4.74 Å². The summed E-state index contributed by atoms with van der Waals surface area (Å²) in [7, 11) is 0. The first-order valence-electron chi connectivity index (χ1n) is 11.5. The standard InChI is InChI=1S/C28H36O3S/c1-9-14-31-25-21(15-18(27(3,4)5)16-22(25)28(6,7)8)19-12-11-13-23-20(19)17-24(32-23)26(29)30-10-2/h11-13,15-17H,9-10,14H2,1-8H3. The maximum absolute atomic E-state index is 12.4. The number of benzene rings is 2. The Labute approximate surface area is 196 Å². The molecule has 0 N–H and O–H groups in total. The summed E-state index contributed by atoms with van der Waals surface area (Å²) in [5.41, 5.74) is 4.60. The molecule has 0 saturated carbocycles. The van der Waals surface area contributed by atoms with E-state index in [4.69, 9.17) is 9.47 Å². The summed E-state index contributed by atoms with van der Waals surface area (Å²) in [5.74, 6) is 0.685. The molecule has 0 radical (unpaired) electrons. The second kappa shape index (κ2) is 9.27. The number of thiophene rings is 1. The minimum atomic E-state index is -0.263. The van der Waals surface area contributed by atoms with Gasteiger partial charge in [0.2, 0.25) is 0 Å². The van der Waals surface area contributed by atoms with Crippen molar-refractivity contribution in [2.24, 2.45) is 0 Å². The zero-order chi connectivity index (χ0) is 23.7. The number of esters is 1. The Balaban J connectivity index is 2.34. The number of hydrogen-bond donors (Lipinski definition) is 0. The SMILES string of the molecule is CCCOc1c(-c2cccc3sc(C(=O)OCC)cc23)cc(C(C)(C)C)cc1C(C)(C)C. The van der Waals surface area contributed by atoms with E-state index in [1.165, 1.54) is 22.5 Å². The molecule has 0 saturated heterocycles. The third kappa shape index (κ3) is 5.01. The lowest BCUT2D eigenvalue weighted by Crippen LogP contribution is -2.18. The first-order chi connectivity index (χ1) is 15.0. The molecule has 0 amide bonds. The van der Waals surface area contributed by atoms with E-state index in [0.29, 0.717) is 18.1 Å². The Bertz CT molecular complexity index is 1110. The van der Waals surface area contributed by atoms with Crippen LogP contribution in [0, 0.1) is 0 Å². The number of ether oxygens (including phenoxy) is 2. The van der Waals surface area contributed by atoms with E-state index in [2.05, 4.69) is 78.8 Å². The van der Waals surface area contributed by atoms with E-state index in [1.807, 2.05) is 13.0 Å². The van der Waals surface area contributed by atoms with Crippen molar-refractivity contribution < 1.29 is 14.3 Å². The lowest BCUT2D eigenvalue weighted by atomic mass is 9.78. The predicted octanol–water partition coefficient (Wildman–Crippen LogP) is 8.13. The monoisotopic (exact) mass is 452 g/mol. The Hall–Kier alpha value is -2.33. The fraction of sp³-hybridized carbons (Fsp3) is 0.464. The third-order valence-corrected chi connectivity index (χ3v) is 6.62. The van der Waals surface area contributed by atoms with E-state index in [9.17, 15) is 4.79 Å². The zero-order valence-corrected chi connectivity index (χ0v) is 21.5. The van der Waals surface area contributed by atoms with Crippen molar-refractivity contribution in [2.45, 2.75) is 72.6 Å². The highest BCUT2D eigenvalue weighted by Gasteiger charge is 2.27. The van der Waals surface area contributed by atoms with Gasteiger partial charge < -0.3 is 9.47 Å². The maximum Gasteiger partial charge on any atom is 0.348 e. The summed E-state index contributed by atoms with van der Waals surface area (Å²) >= 11 is 1.48. The van der Waals surface area contributed by atoms with E-state index in [0.717, 1.165) is 33.4 Å². The van der Waals surface area contributed by atoms with E-state index < -0.39 is 0 Å². The minimum Gasteiger partial charge on any atom is -0.493 e. The van der Waals surface area contributed by atoms with Crippen LogP contribution in [0.2, 0.25) is 0 Å². The molecule has 172 valence electrons. The number of carbonyl (C=O) groups is 1. The van der Waals surface area contributed by atoms with Gasteiger partial charge in [-0.3, -0.25) is 0 Å². The molecule has 0 unspecified atom stereocenters. The molecule has 32 heavy (non-hydrogen) atoms. The lowest BCUT2D eigenvalue weighted by Gasteiger charge is -2.29. The molecule has 0 fully saturated rings. The molecule has 0 spiro atoms. The summed E-state index contributed by atoms with van der Waals surface area (Å²) in [6.45, 7) is 18.4. The number of fused-ring (bicyclic) bond motifs is 1. The smallest absolute Gasteiger partial charge is 0.348 e. The lowest BCUT2D eigenvalue weighted by molar-refractivity contribution is 0.0532. The van der Waals surface area contributed by atoms with Gasteiger partial charge in [-0.2, -0.15) is 0 Å². The highest BCUT2D eigenvalue weighted by atomic mass is 32.1. The van der Waals surface area contributed by atoms with E-state index in [1.54, 1.807) is 0 Å². The predicted molar refractivity (Wildman–Crippen MR) is 136 cm³/mol. The van der Waals surface area contributed by atoms with Crippen molar-refractivity contribution in [3.8, 4) is 16.9 Å². The Kier molecular flexibility index (Phi) is 7.04. The molecular weight excluding hydrogens is 416 g/mol. The highest BCUT2D eigenvalue weighted by molar-refractivity contribution is 7.20. The largest absolute Gasteiger partial charge is 0.493 e. The van der Waals surface area contributed by atoms with Crippen LogP contribution >= 0.6 is 11.3 Å². The van der Waals surface area contributed by atoms with Gasteiger partial charge in [0.1, 0.15) is 10.6 Å². The summed E-state index contributed by atoms with van der Waals surface area (Å²) < 4.78 is 12.7. The van der Waals surface area contributed by atoms with Crippen molar-refractivity contribution in [1.82, 2.24) is 0 Å². The average molecular weight is 453 g/mol. The van der Waals surface area contributed by atoms with Crippen LogP contribution in [0.25, 0.3) is 21.2 Å². The molecule has 0 aliphatic rings. The molecule has 3 aromatic rings. The molecule has 0 aliphatic carbocycles. The van der Waals surface area contributed by atoms with Crippen LogP contribution in [0.3, 0.4) is 0 Å². The summed E-state index contributed by atoms with van der Waals surface area (Å²) in [5, 5.41) is 1.06. The van der Waals surface area contributed by atoms with Gasteiger partial charge in [0.25, 0.3) is 0 Å². The van der Waals surface area contributed by atoms with Gasteiger partial charge in [-0.05, 0) is 53.5 Å². The fourth-order valence-corrected chi connectivity index (χ4v) is 4.76. The van der Waals surface area contributed by atoms with Crippen molar-refractivity contribution in [1.29, 1.82) is 0 Å². The first kappa shape index (κ1) is 24.3. The highest BCUT2D eigenvalue weighted by Crippen LogP contribution is 2.45. The number of carbonyl (C=O) groups excluding carboxylic acids is 1. The Morgan fingerprint density at radius 2 is 1.66 bits per heavy atom. The normalized spacial score (nSPS) is 12.2. The third-order valence-electron chi connectivity index (χ3n) is 5.54. The zero-order valence-electron chi connectivity index (χ0n) is 20.7. The van der Waals surface area contributed by atoms with Crippen molar-refractivity contribution >= 4 is 27.4 Å². The van der Waals surface area contributed by atoms with Gasteiger partial charge in [-0.15, -0.1) is 11.3 Å². The van der Waals surface area contributed by atoms with Crippen LogP contribution in [-0.4, -0.2) is 19.2 Å². The minimum absolute atomic E-state index is 0.00330. The molecular formula is C28H36O3S. The first-order valence-corrected chi connectivity index (χ1v) is 12.3. The van der Waals surface area contributed by atoms with Crippen molar-refractivity contribution in [3.05, 3.63) is 52.4 Å². The van der Waals surface area contributed by atoms with Gasteiger partial charge in [-0.1, -0.05) is 66.7 Å². The quantitative estimate of drug-likeness (QED) is 0.354. The molecule has 3 rings (SSSR count).